The van der Waals surface area contributed by atoms with Crippen LogP contribution in [0.3, 0.4) is 0 Å². The molecule has 56 heavy (non-hydrogen) atoms. The van der Waals surface area contributed by atoms with E-state index in [4.69, 9.17) is 9.97 Å². The number of rotatable bonds is 6. The van der Waals surface area contributed by atoms with Gasteiger partial charge in [-0.05, 0) is 64.7 Å². The first-order valence-electron chi connectivity index (χ1n) is 19.0. The third-order valence-electron chi connectivity index (χ3n) is 10.9. The van der Waals surface area contributed by atoms with Gasteiger partial charge < -0.3 is 4.57 Å². The normalized spacial score (nSPS) is 11.6. The quantitative estimate of drug-likeness (QED) is 0.172. The van der Waals surface area contributed by atoms with Crippen LogP contribution in [0.4, 0.5) is 0 Å². The van der Waals surface area contributed by atoms with Crippen molar-refractivity contribution in [3.63, 3.8) is 0 Å². The minimum Gasteiger partial charge on any atom is -0.309 e. The predicted molar refractivity (Wildman–Crippen MR) is 232 cm³/mol. The van der Waals surface area contributed by atoms with Crippen molar-refractivity contribution in [2.24, 2.45) is 0 Å². The highest BCUT2D eigenvalue weighted by Gasteiger charge is 2.20. The van der Waals surface area contributed by atoms with Crippen molar-refractivity contribution in [1.29, 1.82) is 0 Å². The summed E-state index contributed by atoms with van der Waals surface area (Å²) in [6.45, 7) is 0. The standard InChI is InChI=1S/C52H34N4/c1-4-15-35(16-5-1)37-27-29-38(30-28-37)46-33-51(54-52(53-46)40-20-14-19-39(31-40)36-17-6-2-7-18-36)56-48-26-13-11-24-43(48)45-32-44-42-23-10-12-25-47(42)55(49(44)34-50(45)56)41-21-8-3-9-22-41/h1-34H. The Morgan fingerprint density at radius 3 is 1.46 bits per heavy atom. The van der Waals surface area contributed by atoms with E-state index in [1.165, 1.54) is 38.2 Å². The van der Waals surface area contributed by atoms with Crippen molar-refractivity contribution in [2.75, 3.05) is 0 Å². The lowest BCUT2D eigenvalue weighted by Gasteiger charge is -2.13. The number of hydrogen-bond acceptors (Lipinski definition) is 2. The van der Waals surface area contributed by atoms with Gasteiger partial charge in [-0.15, -0.1) is 0 Å². The Hall–Kier alpha value is -7.56. The topological polar surface area (TPSA) is 35.6 Å². The van der Waals surface area contributed by atoms with Gasteiger partial charge in [0.2, 0.25) is 0 Å². The molecule has 0 saturated heterocycles. The van der Waals surface area contributed by atoms with Gasteiger partial charge >= 0.3 is 0 Å². The van der Waals surface area contributed by atoms with Gasteiger partial charge in [0.05, 0.1) is 27.8 Å². The van der Waals surface area contributed by atoms with Gasteiger partial charge in [-0.2, -0.15) is 0 Å². The molecule has 0 atom stereocenters. The van der Waals surface area contributed by atoms with E-state index in [9.17, 15) is 0 Å². The van der Waals surface area contributed by atoms with Crippen LogP contribution in [0, 0.1) is 0 Å². The van der Waals surface area contributed by atoms with Gasteiger partial charge in [0.25, 0.3) is 0 Å². The van der Waals surface area contributed by atoms with Gasteiger partial charge in [-0.1, -0.05) is 158 Å². The van der Waals surface area contributed by atoms with Crippen molar-refractivity contribution in [1.82, 2.24) is 19.1 Å². The Kier molecular flexibility index (Phi) is 7.46. The van der Waals surface area contributed by atoms with Gasteiger partial charge in [-0.25, -0.2) is 9.97 Å². The van der Waals surface area contributed by atoms with E-state index in [1.807, 2.05) is 6.07 Å². The number of aromatic nitrogens is 4. The average Bonchev–Trinajstić information content (AvgIpc) is 3.78. The third-order valence-corrected chi connectivity index (χ3v) is 10.9. The van der Waals surface area contributed by atoms with Crippen LogP contribution < -0.4 is 0 Å². The average molecular weight is 715 g/mol. The molecule has 11 aromatic rings. The molecule has 0 saturated carbocycles. The molecule has 3 heterocycles. The van der Waals surface area contributed by atoms with Crippen molar-refractivity contribution < 1.29 is 0 Å². The Labute approximate surface area is 324 Å². The molecule has 0 amide bonds. The molecule has 0 aliphatic carbocycles. The number of nitrogens with zero attached hydrogens (tertiary/aromatic N) is 4. The first-order chi connectivity index (χ1) is 27.8. The Morgan fingerprint density at radius 2 is 0.786 bits per heavy atom. The van der Waals surface area contributed by atoms with Crippen LogP contribution in [-0.4, -0.2) is 19.1 Å². The molecule has 0 radical (unpaired) electrons. The molecule has 0 aliphatic rings. The molecule has 0 spiro atoms. The lowest BCUT2D eigenvalue weighted by atomic mass is 10.0. The van der Waals surface area contributed by atoms with E-state index >= 15 is 0 Å². The van der Waals surface area contributed by atoms with Crippen LogP contribution in [0.25, 0.3) is 100 Å². The molecule has 4 nitrogen and oxygen atoms in total. The number of benzene rings is 8. The Balaban J connectivity index is 1.18. The van der Waals surface area contributed by atoms with E-state index in [2.05, 4.69) is 209 Å². The highest BCUT2D eigenvalue weighted by Crippen LogP contribution is 2.40. The Morgan fingerprint density at radius 1 is 0.286 bits per heavy atom. The maximum Gasteiger partial charge on any atom is 0.162 e. The maximum absolute atomic E-state index is 5.42. The van der Waals surface area contributed by atoms with E-state index < -0.39 is 0 Å². The van der Waals surface area contributed by atoms with E-state index in [1.54, 1.807) is 0 Å². The van der Waals surface area contributed by atoms with Crippen LogP contribution in [0.5, 0.6) is 0 Å². The second-order valence-corrected chi connectivity index (χ2v) is 14.3. The first-order valence-corrected chi connectivity index (χ1v) is 19.0. The molecule has 262 valence electrons. The molecule has 0 N–H and O–H groups in total. The van der Waals surface area contributed by atoms with Crippen LogP contribution in [0.1, 0.15) is 0 Å². The molecular weight excluding hydrogens is 681 g/mol. The highest BCUT2D eigenvalue weighted by atomic mass is 15.1. The van der Waals surface area contributed by atoms with Crippen molar-refractivity contribution in [3.8, 4) is 56.4 Å². The minimum absolute atomic E-state index is 0.674. The molecule has 4 heteroatoms. The third kappa shape index (κ3) is 5.31. The summed E-state index contributed by atoms with van der Waals surface area (Å²) in [5, 5.41) is 4.82. The van der Waals surface area contributed by atoms with Gasteiger partial charge in [0, 0.05) is 44.4 Å². The zero-order valence-electron chi connectivity index (χ0n) is 30.4. The smallest absolute Gasteiger partial charge is 0.162 e. The fourth-order valence-corrected chi connectivity index (χ4v) is 8.29. The largest absolute Gasteiger partial charge is 0.309 e. The maximum atomic E-state index is 5.42. The summed E-state index contributed by atoms with van der Waals surface area (Å²) in [7, 11) is 0. The summed E-state index contributed by atoms with van der Waals surface area (Å²) >= 11 is 0. The molecule has 0 aliphatic heterocycles. The summed E-state index contributed by atoms with van der Waals surface area (Å²) < 4.78 is 4.71. The molecular formula is C52H34N4. The van der Waals surface area contributed by atoms with E-state index in [0.29, 0.717) is 5.82 Å². The zero-order chi connectivity index (χ0) is 37.0. The van der Waals surface area contributed by atoms with Crippen LogP contribution in [0.2, 0.25) is 0 Å². The van der Waals surface area contributed by atoms with Gasteiger partial charge in [0.1, 0.15) is 5.82 Å². The fourth-order valence-electron chi connectivity index (χ4n) is 8.29. The van der Waals surface area contributed by atoms with Crippen LogP contribution in [-0.2, 0) is 0 Å². The lowest BCUT2D eigenvalue weighted by Crippen LogP contribution is -2.03. The number of hydrogen-bond donors (Lipinski definition) is 0. The van der Waals surface area contributed by atoms with Crippen molar-refractivity contribution >= 4 is 43.6 Å². The van der Waals surface area contributed by atoms with E-state index in [-0.39, 0.29) is 0 Å². The number of para-hydroxylation sites is 3. The molecule has 0 fully saturated rings. The second kappa shape index (κ2) is 13.1. The van der Waals surface area contributed by atoms with Crippen molar-refractivity contribution in [3.05, 3.63) is 206 Å². The Bertz CT molecular complexity index is 3220. The molecule has 8 aromatic carbocycles. The monoisotopic (exact) mass is 714 g/mol. The number of fused-ring (bicyclic) bond motifs is 6. The van der Waals surface area contributed by atoms with Gasteiger partial charge in [0.15, 0.2) is 5.82 Å². The first kappa shape index (κ1) is 31.9. The van der Waals surface area contributed by atoms with Crippen LogP contribution in [0.15, 0.2) is 206 Å². The SMILES string of the molecule is c1ccc(-c2ccc(-c3cc(-n4c5ccccc5c5cc6c7ccccc7n(-c7ccccc7)c6cc54)nc(-c4cccc(-c5ccccc5)c4)n3)cc2)cc1. The molecule has 0 unspecified atom stereocenters. The summed E-state index contributed by atoms with van der Waals surface area (Å²) in [5.74, 6) is 1.49. The summed E-state index contributed by atoms with van der Waals surface area (Å²) in [6, 6.07) is 73.2. The predicted octanol–water partition coefficient (Wildman–Crippen LogP) is 13.3. The highest BCUT2D eigenvalue weighted by molar-refractivity contribution is 6.19. The molecule has 3 aromatic heterocycles. The summed E-state index contributed by atoms with van der Waals surface area (Å²) in [6.07, 6.45) is 0. The van der Waals surface area contributed by atoms with E-state index in [0.717, 1.165) is 56.0 Å². The summed E-state index contributed by atoms with van der Waals surface area (Å²) in [5.41, 5.74) is 13.1. The van der Waals surface area contributed by atoms with Crippen molar-refractivity contribution in [2.45, 2.75) is 0 Å². The summed E-state index contributed by atoms with van der Waals surface area (Å²) in [4.78, 5) is 10.7. The minimum atomic E-state index is 0.674. The van der Waals surface area contributed by atoms with Crippen LogP contribution >= 0.6 is 0 Å². The van der Waals surface area contributed by atoms with Gasteiger partial charge in [-0.3, -0.25) is 4.57 Å². The molecule has 11 rings (SSSR count). The zero-order valence-corrected chi connectivity index (χ0v) is 30.4. The molecule has 0 bridgehead atoms. The second-order valence-electron chi connectivity index (χ2n) is 14.3. The lowest BCUT2D eigenvalue weighted by molar-refractivity contribution is 1.05. The fraction of sp³-hybridized carbons (Fsp3) is 0.